The monoisotopic (exact) mass is 352 g/mol. The van der Waals surface area contributed by atoms with Crippen LogP contribution in [0.25, 0.3) is 11.1 Å². The van der Waals surface area contributed by atoms with Crippen LogP contribution in [0, 0.1) is 0 Å². The minimum Gasteiger partial charge on any atom is -0.480 e. The summed E-state index contributed by atoms with van der Waals surface area (Å²) < 4.78 is 0. The highest BCUT2D eigenvalue weighted by Gasteiger charge is 2.30. The Kier molecular flexibility index (Phi) is 5.31. The Bertz CT molecular complexity index is 802. The zero-order chi connectivity index (χ0) is 18.5. The molecule has 1 aliphatic rings. The molecule has 2 aromatic carbocycles. The molecule has 2 amide bonds. The number of rotatable bonds is 6. The van der Waals surface area contributed by atoms with Gasteiger partial charge in [-0.25, -0.2) is 4.79 Å². The summed E-state index contributed by atoms with van der Waals surface area (Å²) in [5, 5.41) is 14.5. The van der Waals surface area contributed by atoms with Gasteiger partial charge in [0.05, 0.1) is 0 Å². The molecule has 0 radical (unpaired) electrons. The quantitative estimate of drug-likeness (QED) is 0.738. The van der Waals surface area contributed by atoms with E-state index in [1.54, 1.807) is 0 Å². The van der Waals surface area contributed by atoms with Crippen LogP contribution in [0.15, 0.2) is 54.6 Å². The van der Waals surface area contributed by atoms with Gasteiger partial charge >= 0.3 is 5.97 Å². The molecular formula is C20H20N2O4. The molecule has 6 nitrogen and oxygen atoms in total. The van der Waals surface area contributed by atoms with Gasteiger partial charge in [-0.3, -0.25) is 9.59 Å². The highest BCUT2D eigenvalue weighted by Crippen LogP contribution is 2.19. The van der Waals surface area contributed by atoms with Crippen LogP contribution < -0.4 is 10.6 Å². The number of aliphatic carboxylic acids is 1. The van der Waals surface area contributed by atoms with Gasteiger partial charge in [0.1, 0.15) is 12.1 Å². The Hall–Kier alpha value is -3.15. The zero-order valence-corrected chi connectivity index (χ0v) is 14.1. The Balaban J connectivity index is 1.65. The summed E-state index contributed by atoms with van der Waals surface area (Å²) in [5.74, 6) is -1.74. The van der Waals surface area contributed by atoms with E-state index in [4.69, 9.17) is 0 Å². The summed E-state index contributed by atoms with van der Waals surface area (Å²) in [4.78, 5) is 34.9. The van der Waals surface area contributed by atoms with Crippen molar-refractivity contribution in [2.75, 3.05) is 0 Å². The standard InChI is InChI=1S/C20H20N2O4/c23-18-11-10-16(21-18)19(24)22-17(20(25)26)12-13-6-8-15(9-7-13)14-4-2-1-3-5-14/h1-9,16-17H,10-12H2,(H,21,23)(H,22,24)(H,25,26)/t16-,17-/m1/s1. The lowest BCUT2D eigenvalue weighted by Crippen LogP contribution is -2.49. The predicted molar refractivity (Wildman–Crippen MR) is 96.3 cm³/mol. The lowest BCUT2D eigenvalue weighted by atomic mass is 10.0. The molecule has 1 saturated heterocycles. The maximum absolute atomic E-state index is 12.1. The molecule has 26 heavy (non-hydrogen) atoms. The molecule has 2 atom stereocenters. The fraction of sp³-hybridized carbons (Fsp3) is 0.250. The first-order valence-corrected chi connectivity index (χ1v) is 8.50. The third-order valence-electron chi connectivity index (χ3n) is 4.43. The van der Waals surface area contributed by atoms with E-state index in [2.05, 4.69) is 10.6 Å². The minimum atomic E-state index is -1.10. The Morgan fingerprint density at radius 2 is 1.73 bits per heavy atom. The van der Waals surface area contributed by atoms with E-state index in [1.807, 2.05) is 54.6 Å². The Morgan fingerprint density at radius 1 is 1.08 bits per heavy atom. The lowest BCUT2D eigenvalue weighted by Gasteiger charge is -2.17. The van der Waals surface area contributed by atoms with E-state index in [0.29, 0.717) is 6.42 Å². The van der Waals surface area contributed by atoms with Gasteiger partial charge in [0.25, 0.3) is 0 Å². The van der Waals surface area contributed by atoms with Gasteiger partial charge in [0.15, 0.2) is 0 Å². The van der Waals surface area contributed by atoms with Gasteiger partial charge in [0, 0.05) is 12.8 Å². The molecule has 0 aromatic heterocycles. The summed E-state index contributed by atoms with van der Waals surface area (Å²) in [6.07, 6.45) is 0.858. The lowest BCUT2D eigenvalue weighted by molar-refractivity contribution is -0.142. The van der Waals surface area contributed by atoms with Crippen molar-refractivity contribution in [3.63, 3.8) is 0 Å². The van der Waals surface area contributed by atoms with Gasteiger partial charge in [0.2, 0.25) is 11.8 Å². The molecule has 3 N–H and O–H groups in total. The second-order valence-electron chi connectivity index (χ2n) is 6.33. The molecule has 1 fully saturated rings. The second-order valence-corrected chi connectivity index (χ2v) is 6.33. The van der Waals surface area contributed by atoms with Crippen LogP contribution in [0.4, 0.5) is 0 Å². The van der Waals surface area contributed by atoms with Crippen molar-refractivity contribution < 1.29 is 19.5 Å². The molecular weight excluding hydrogens is 332 g/mol. The van der Waals surface area contributed by atoms with Crippen molar-refractivity contribution in [2.45, 2.75) is 31.3 Å². The van der Waals surface area contributed by atoms with E-state index >= 15 is 0 Å². The smallest absolute Gasteiger partial charge is 0.326 e. The summed E-state index contributed by atoms with van der Waals surface area (Å²) in [6, 6.07) is 15.8. The highest BCUT2D eigenvalue weighted by molar-refractivity contribution is 5.92. The average Bonchev–Trinajstić information content (AvgIpc) is 3.09. The third kappa shape index (κ3) is 4.27. The number of carboxylic acids is 1. The van der Waals surface area contributed by atoms with Gasteiger partial charge in [-0.15, -0.1) is 0 Å². The number of hydrogen-bond donors (Lipinski definition) is 3. The molecule has 0 bridgehead atoms. The molecule has 3 rings (SSSR count). The van der Waals surface area contributed by atoms with Crippen molar-refractivity contribution in [1.82, 2.24) is 10.6 Å². The van der Waals surface area contributed by atoms with Crippen LogP contribution in [0.3, 0.4) is 0 Å². The van der Waals surface area contributed by atoms with Crippen molar-refractivity contribution >= 4 is 17.8 Å². The SMILES string of the molecule is O=C1CC[C@H](C(=O)N[C@H](Cc2ccc(-c3ccccc3)cc2)C(=O)O)N1. The normalized spacial score (nSPS) is 17.4. The molecule has 0 aliphatic carbocycles. The van der Waals surface area contributed by atoms with E-state index in [9.17, 15) is 19.5 Å². The molecule has 0 unspecified atom stereocenters. The van der Waals surface area contributed by atoms with Crippen molar-refractivity contribution in [3.05, 3.63) is 60.2 Å². The van der Waals surface area contributed by atoms with Crippen molar-refractivity contribution in [2.24, 2.45) is 0 Å². The zero-order valence-electron chi connectivity index (χ0n) is 14.1. The summed E-state index contributed by atoms with van der Waals surface area (Å²) in [6.45, 7) is 0. The van der Waals surface area contributed by atoms with Gasteiger partial charge in [-0.05, 0) is 23.1 Å². The van der Waals surface area contributed by atoms with E-state index in [-0.39, 0.29) is 18.7 Å². The number of carbonyl (C=O) groups excluding carboxylic acids is 2. The first-order valence-electron chi connectivity index (χ1n) is 8.50. The van der Waals surface area contributed by atoms with Crippen LogP contribution in [0.1, 0.15) is 18.4 Å². The van der Waals surface area contributed by atoms with E-state index in [1.165, 1.54) is 0 Å². The maximum atomic E-state index is 12.1. The van der Waals surface area contributed by atoms with E-state index in [0.717, 1.165) is 16.7 Å². The average molecular weight is 352 g/mol. The largest absolute Gasteiger partial charge is 0.480 e. The topological polar surface area (TPSA) is 95.5 Å². The van der Waals surface area contributed by atoms with Crippen molar-refractivity contribution in [1.29, 1.82) is 0 Å². The number of amides is 2. The fourth-order valence-corrected chi connectivity index (χ4v) is 2.98. The van der Waals surface area contributed by atoms with Crippen molar-refractivity contribution in [3.8, 4) is 11.1 Å². The van der Waals surface area contributed by atoms with Crippen LogP contribution in [0.5, 0.6) is 0 Å². The predicted octanol–water partition coefficient (Wildman–Crippen LogP) is 1.74. The van der Waals surface area contributed by atoms with Crippen LogP contribution >= 0.6 is 0 Å². The van der Waals surface area contributed by atoms with Crippen LogP contribution in [-0.2, 0) is 20.8 Å². The number of carboxylic acid groups (broad SMARTS) is 1. The number of benzene rings is 2. The second kappa shape index (κ2) is 7.82. The first-order chi connectivity index (χ1) is 12.5. The molecule has 6 heteroatoms. The fourth-order valence-electron chi connectivity index (χ4n) is 2.98. The summed E-state index contributed by atoms with van der Waals surface area (Å²) in [5.41, 5.74) is 2.94. The Morgan fingerprint density at radius 3 is 2.31 bits per heavy atom. The summed E-state index contributed by atoms with van der Waals surface area (Å²) >= 11 is 0. The van der Waals surface area contributed by atoms with Crippen LogP contribution in [0.2, 0.25) is 0 Å². The van der Waals surface area contributed by atoms with Gasteiger partial charge < -0.3 is 15.7 Å². The minimum absolute atomic E-state index is 0.177. The number of nitrogens with one attached hydrogen (secondary N) is 2. The van der Waals surface area contributed by atoms with Gasteiger partial charge in [-0.1, -0.05) is 54.6 Å². The number of hydrogen-bond acceptors (Lipinski definition) is 3. The highest BCUT2D eigenvalue weighted by atomic mass is 16.4. The maximum Gasteiger partial charge on any atom is 0.326 e. The van der Waals surface area contributed by atoms with Crippen LogP contribution in [-0.4, -0.2) is 35.0 Å². The van der Waals surface area contributed by atoms with E-state index < -0.39 is 24.0 Å². The molecule has 0 saturated carbocycles. The molecule has 134 valence electrons. The summed E-state index contributed by atoms with van der Waals surface area (Å²) in [7, 11) is 0. The molecule has 1 aliphatic heterocycles. The molecule has 1 heterocycles. The third-order valence-corrected chi connectivity index (χ3v) is 4.43. The van der Waals surface area contributed by atoms with Gasteiger partial charge in [-0.2, -0.15) is 0 Å². The Labute approximate surface area is 151 Å². The first kappa shape index (κ1) is 17.7. The molecule has 2 aromatic rings. The number of carbonyl (C=O) groups is 3. The molecule has 0 spiro atoms.